The molecule has 0 radical (unpaired) electrons. The van der Waals surface area contributed by atoms with Gasteiger partial charge in [0.25, 0.3) is 0 Å². The van der Waals surface area contributed by atoms with Crippen LogP contribution in [0.5, 0.6) is 0 Å². The van der Waals surface area contributed by atoms with Crippen LogP contribution in [-0.2, 0) is 6.18 Å². The van der Waals surface area contributed by atoms with Gasteiger partial charge >= 0.3 is 6.18 Å². The Bertz CT molecular complexity index is 796. The number of alkyl halides is 3. The number of hydrogen-bond acceptors (Lipinski definition) is 4. The summed E-state index contributed by atoms with van der Waals surface area (Å²) in [6.07, 6.45) is -1.55. The second-order valence-corrected chi connectivity index (χ2v) is 4.81. The largest absolute Gasteiger partial charge is 0.416 e. The van der Waals surface area contributed by atoms with Crippen LogP contribution in [0.3, 0.4) is 0 Å². The van der Waals surface area contributed by atoms with Crippen molar-refractivity contribution in [3.05, 3.63) is 47.9 Å². The van der Waals surface area contributed by atoms with Gasteiger partial charge in [0.15, 0.2) is 5.65 Å². The third kappa shape index (κ3) is 2.59. The summed E-state index contributed by atoms with van der Waals surface area (Å²) in [5, 5.41) is 10.2. The predicted molar refractivity (Wildman–Crippen MR) is 75.2 cm³/mol. The van der Waals surface area contributed by atoms with Gasteiger partial charge in [-0.1, -0.05) is 18.2 Å². The van der Waals surface area contributed by atoms with Gasteiger partial charge in [0.05, 0.1) is 23.2 Å². The van der Waals surface area contributed by atoms with Crippen LogP contribution >= 0.6 is 0 Å². The zero-order valence-electron chi connectivity index (χ0n) is 11.5. The van der Waals surface area contributed by atoms with Crippen LogP contribution in [0, 0.1) is 0 Å². The summed E-state index contributed by atoms with van der Waals surface area (Å²) < 4.78 is 39.2. The van der Waals surface area contributed by atoms with Crippen molar-refractivity contribution in [1.29, 1.82) is 0 Å². The van der Waals surface area contributed by atoms with Crippen LogP contribution in [0.2, 0.25) is 0 Å². The number of benzene rings is 1. The Labute approximate surface area is 123 Å². The van der Waals surface area contributed by atoms with E-state index in [0.29, 0.717) is 16.9 Å². The van der Waals surface area contributed by atoms with Gasteiger partial charge in [0.2, 0.25) is 0 Å². The average Bonchev–Trinajstić information content (AvgIpc) is 2.96. The molecule has 0 spiro atoms. The molecular formula is C14H12F3N5. The van der Waals surface area contributed by atoms with E-state index in [0.717, 1.165) is 6.07 Å². The fourth-order valence-electron chi connectivity index (χ4n) is 2.30. The van der Waals surface area contributed by atoms with Gasteiger partial charge in [-0.15, -0.1) is 0 Å². The Morgan fingerprint density at radius 3 is 2.73 bits per heavy atom. The minimum absolute atomic E-state index is 0.158. The summed E-state index contributed by atoms with van der Waals surface area (Å²) in [6, 6.07) is 4.90. The van der Waals surface area contributed by atoms with Gasteiger partial charge in [0.1, 0.15) is 12.1 Å². The first-order chi connectivity index (χ1) is 10.5. The molecule has 0 saturated heterocycles. The van der Waals surface area contributed by atoms with Crippen molar-refractivity contribution in [3.8, 4) is 0 Å². The van der Waals surface area contributed by atoms with Gasteiger partial charge < -0.3 is 5.32 Å². The van der Waals surface area contributed by atoms with Crippen LogP contribution in [-0.4, -0.2) is 20.2 Å². The summed E-state index contributed by atoms with van der Waals surface area (Å²) in [6.45, 7) is 1.65. The van der Waals surface area contributed by atoms with E-state index in [1.165, 1.54) is 24.7 Å². The lowest BCUT2D eigenvalue weighted by molar-refractivity contribution is -0.138. The Morgan fingerprint density at radius 1 is 1.18 bits per heavy atom. The number of nitrogens with one attached hydrogen (secondary N) is 2. The Morgan fingerprint density at radius 2 is 1.95 bits per heavy atom. The summed E-state index contributed by atoms with van der Waals surface area (Å²) in [7, 11) is 0. The van der Waals surface area contributed by atoms with Crippen molar-refractivity contribution in [2.75, 3.05) is 5.32 Å². The zero-order chi connectivity index (χ0) is 15.7. The standard InChI is InChI=1S/C14H12F3N5/c1-8(9-4-2-3-5-11(9)14(15,16)17)21-12-10-6-20-22-13(10)19-7-18-12/h2-8H,1H3,(H2,18,19,20,21,22). The fourth-order valence-corrected chi connectivity index (χ4v) is 2.30. The van der Waals surface area contributed by atoms with Crippen molar-refractivity contribution < 1.29 is 13.2 Å². The fraction of sp³-hybridized carbons (Fsp3) is 0.214. The van der Waals surface area contributed by atoms with Crippen LogP contribution in [0.25, 0.3) is 11.0 Å². The van der Waals surface area contributed by atoms with E-state index >= 15 is 0 Å². The van der Waals surface area contributed by atoms with E-state index in [9.17, 15) is 13.2 Å². The lowest BCUT2D eigenvalue weighted by Crippen LogP contribution is -2.15. The van der Waals surface area contributed by atoms with Gasteiger partial charge in [0, 0.05) is 0 Å². The molecular weight excluding hydrogens is 295 g/mol. The maximum Gasteiger partial charge on any atom is 0.416 e. The summed E-state index contributed by atoms with van der Waals surface area (Å²) in [5.74, 6) is 0.434. The van der Waals surface area contributed by atoms with Crippen LogP contribution < -0.4 is 5.32 Å². The van der Waals surface area contributed by atoms with Crippen molar-refractivity contribution >= 4 is 16.9 Å². The second kappa shape index (κ2) is 5.28. The van der Waals surface area contributed by atoms with E-state index in [4.69, 9.17) is 0 Å². The average molecular weight is 307 g/mol. The minimum Gasteiger partial charge on any atom is -0.363 e. The van der Waals surface area contributed by atoms with E-state index < -0.39 is 17.8 Å². The molecule has 114 valence electrons. The zero-order valence-corrected chi connectivity index (χ0v) is 11.5. The highest BCUT2D eigenvalue weighted by Crippen LogP contribution is 2.35. The molecule has 2 aromatic heterocycles. The van der Waals surface area contributed by atoms with Gasteiger partial charge in [-0.05, 0) is 18.6 Å². The maximum absolute atomic E-state index is 13.1. The molecule has 0 saturated carbocycles. The van der Waals surface area contributed by atoms with Crippen molar-refractivity contribution in [2.24, 2.45) is 0 Å². The number of nitrogens with zero attached hydrogens (tertiary/aromatic N) is 3. The molecule has 0 aliphatic carbocycles. The van der Waals surface area contributed by atoms with Crippen molar-refractivity contribution in [3.63, 3.8) is 0 Å². The van der Waals surface area contributed by atoms with Gasteiger partial charge in [-0.25, -0.2) is 9.97 Å². The predicted octanol–water partition coefficient (Wildman–Crippen LogP) is 3.54. The molecule has 3 aromatic rings. The number of aromatic amines is 1. The molecule has 5 nitrogen and oxygen atoms in total. The van der Waals surface area contributed by atoms with E-state index in [2.05, 4.69) is 25.5 Å². The topological polar surface area (TPSA) is 66.5 Å². The number of rotatable bonds is 3. The first-order valence-corrected chi connectivity index (χ1v) is 6.53. The van der Waals surface area contributed by atoms with E-state index in [1.807, 2.05) is 0 Å². The lowest BCUT2D eigenvalue weighted by atomic mass is 10.0. The Hall–Kier alpha value is -2.64. The molecule has 1 aromatic carbocycles. The molecule has 22 heavy (non-hydrogen) atoms. The molecule has 0 aliphatic rings. The molecule has 8 heteroatoms. The maximum atomic E-state index is 13.1. The summed E-state index contributed by atoms with van der Waals surface area (Å²) in [5.41, 5.74) is 0.0200. The first-order valence-electron chi connectivity index (χ1n) is 6.53. The molecule has 1 atom stereocenters. The SMILES string of the molecule is CC(Nc1ncnc2[nH]ncc12)c1ccccc1C(F)(F)F. The number of H-pyrrole nitrogens is 1. The van der Waals surface area contributed by atoms with Crippen LogP contribution in [0.4, 0.5) is 19.0 Å². The number of fused-ring (bicyclic) bond motifs is 1. The highest BCUT2D eigenvalue weighted by Gasteiger charge is 2.34. The third-order valence-corrected chi connectivity index (χ3v) is 3.33. The molecule has 1 unspecified atom stereocenters. The Kier molecular flexibility index (Phi) is 3.44. The molecule has 0 amide bonds. The monoisotopic (exact) mass is 307 g/mol. The number of aromatic nitrogens is 4. The first kappa shape index (κ1) is 14.3. The Balaban J connectivity index is 1.96. The van der Waals surface area contributed by atoms with Gasteiger partial charge in [-0.2, -0.15) is 18.3 Å². The molecule has 0 aliphatic heterocycles. The smallest absolute Gasteiger partial charge is 0.363 e. The molecule has 2 heterocycles. The highest BCUT2D eigenvalue weighted by atomic mass is 19.4. The summed E-state index contributed by atoms with van der Waals surface area (Å²) in [4.78, 5) is 8.06. The second-order valence-electron chi connectivity index (χ2n) is 4.81. The lowest BCUT2D eigenvalue weighted by Gasteiger charge is -2.20. The number of halogens is 3. The van der Waals surface area contributed by atoms with Crippen LogP contribution in [0.1, 0.15) is 24.1 Å². The molecule has 0 fully saturated rings. The normalized spacial score (nSPS) is 13.3. The quantitative estimate of drug-likeness (QED) is 0.776. The highest BCUT2D eigenvalue weighted by molar-refractivity contribution is 5.85. The van der Waals surface area contributed by atoms with Crippen molar-refractivity contribution in [2.45, 2.75) is 19.1 Å². The number of hydrogen-bond donors (Lipinski definition) is 2. The summed E-state index contributed by atoms with van der Waals surface area (Å²) >= 11 is 0. The molecule has 3 rings (SSSR count). The number of anilines is 1. The van der Waals surface area contributed by atoms with Gasteiger partial charge in [-0.3, -0.25) is 5.10 Å². The molecule has 2 N–H and O–H groups in total. The third-order valence-electron chi connectivity index (χ3n) is 3.33. The van der Waals surface area contributed by atoms with E-state index in [1.54, 1.807) is 13.0 Å². The van der Waals surface area contributed by atoms with E-state index in [-0.39, 0.29) is 5.56 Å². The van der Waals surface area contributed by atoms with Crippen LogP contribution in [0.15, 0.2) is 36.8 Å². The minimum atomic E-state index is -4.40. The molecule has 0 bridgehead atoms. The van der Waals surface area contributed by atoms with Crippen molar-refractivity contribution in [1.82, 2.24) is 20.2 Å².